The molecule has 4 nitrogen and oxygen atoms in total. The number of carbonyl (C=O) groups excluding carboxylic acids is 1. The molecule has 2 saturated heterocycles. The van der Waals surface area contributed by atoms with Crippen LogP contribution in [0.5, 0.6) is 0 Å². The Kier molecular flexibility index (Phi) is 3.34. The SMILES string of the molecule is CC(C)(C)CC(C)(C)OC(=O)NC1C2CCCN21. The van der Waals surface area contributed by atoms with Gasteiger partial charge >= 0.3 is 6.09 Å². The fourth-order valence-corrected chi connectivity index (χ4v) is 3.34. The average molecular weight is 254 g/mol. The molecule has 1 N–H and O–H groups in total. The number of hydrogen-bond donors (Lipinski definition) is 1. The van der Waals surface area contributed by atoms with Gasteiger partial charge in [-0.05, 0) is 38.5 Å². The Hall–Kier alpha value is -0.770. The van der Waals surface area contributed by atoms with Gasteiger partial charge in [0, 0.05) is 12.6 Å². The minimum atomic E-state index is -0.415. The van der Waals surface area contributed by atoms with E-state index in [0.29, 0.717) is 6.04 Å². The molecule has 2 rings (SSSR count). The lowest BCUT2D eigenvalue weighted by Gasteiger charge is -2.32. The van der Waals surface area contributed by atoms with Crippen molar-refractivity contribution >= 4 is 6.09 Å². The fourth-order valence-electron chi connectivity index (χ4n) is 3.34. The highest BCUT2D eigenvalue weighted by atomic mass is 16.6. The molecule has 0 aromatic rings. The molecule has 3 unspecified atom stereocenters. The average Bonchev–Trinajstić information content (AvgIpc) is 2.59. The third-order valence-electron chi connectivity index (χ3n) is 3.56. The summed E-state index contributed by atoms with van der Waals surface area (Å²) in [6.07, 6.45) is 3.27. The molecular weight excluding hydrogens is 228 g/mol. The van der Waals surface area contributed by atoms with Crippen molar-refractivity contribution in [3.63, 3.8) is 0 Å². The molecule has 2 aliphatic rings. The first-order valence-corrected chi connectivity index (χ1v) is 6.93. The summed E-state index contributed by atoms with van der Waals surface area (Å²) >= 11 is 0. The van der Waals surface area contributed by atoms with Gasteiger partial charge in [0.15, 0.2) is 0 Å². The summed E-state index contributed by atoms with van der Waals surface area (Å²) in [5, 5.41) is 2.96. The van der Waals surface area contributed by atoms with Crippen molar-refractivity contribution in [1.29, 1.82) is 0 Å². The molecule has 4 heteroatoms. The zero-order chi connectivity index (χ0) is 13.6. The zero-order valence-electron chi connectivity index (χ0n) is 12.2. The van der Waals surface area contributed by atoms with Crippen molar-refractivity contribution in [2.24, 2.45) is 5.41 Å². The molecule has 1 amide bonds. The van der Waals surface area contributed by atoms with Crippen molar-refractivity contribution in [2.45, 2.75) is 71.7 Å². The smallest absolute Gasteiger partial charge is 0.408 e. The van der Waals surface area contributed by atoms with Crippen molar-refractivity contribution in [1.82, 2.24) is 10.2 Å². The van der Waals surface area contributed by atoms with Gasteiger partial charge in [-0.25, -0.2) is 4.79 Å². The van der Waals surface area contributed by atoms with Crippen LogP contribution in [0.15, 0.2) is 0 Å². The predicted octanol–water partition coefficient (Wildman–Crippen LogP) is 2.73. The maximum absolute atomic E-state index is 11.9. The Morgan fingerprint density at radius 1 is 1.33 bits per heavy atom. The molecule has 2 aliphatic heterocycles. The zero-order valence-corrected chi connectivity index (χ0v) is 12.2. The van der Waals surface area contributed by atoms with Gasteiger partial charge < -0.3 is 10.1 Å². The summed E-state index contributed by atoms with van der Waals surface area (Å²) in [4.78, 5) is 14.2. The lowest BCUT2D eigenvalue weighted by atomic mass is 9.84. The summed E-state index contributed by atoms with van der Waals surface area (Å²) in [5.41, 5.74) is -0.259. The van der Waals surface area contributed by atoms with Crippen LogP contribution in [-0.4, -0.2) is 35.3 Å². The van der Waals surface area contributed by atoms with E-state index >= 15 is 0 Å². The van der Waals surface area contributed by atoms with Crippen LogP contribution in [-0.2, 0) is 4.74 Å². The van der Waals surface area contributed by atoms with Crippen molar-refractivity contribution in [2.75, 3.05) is 6.54 Å². The molecule has 104 valence electrons. The quantitative estimate of drug-likeness (QED) is 0.787. The Morgan fingerprint density at radius 2 is 2.00 bits per heavy atom. The van der Waals surface area contributed by atoms with Crippen LogP contribution >= 0.6 is 0 Å². The summed E-state index contributed by atoms with van der Waals surface area (Å²) in [5.74, 6) is 0. The highest BCUT2D eigenvalue weighted by Gasteiger charge is 2.51. The van der Waals surface area contributed by atoms with Crippen molar-refractivity contribution in [3.05, 3.63) is 0 Å². The van der Waals surface area contributed by atoms with E-state index < -0.39 is 5.60 Å². The van der Waals surface area contributed by atoms with Gasteiger partial charge in [0.05, 0.1) is 0 Å². The van der Waals surface area contributed by atoms with E-state index in [1.807, 2.05) is 13.8 Å². The number of rotatable bonds is 3. The third kappa shape index (κ3) is 3.37. The summed E-state index contributed by atoms with van der Waals surface area (Å²) in [6.45, 7) is 11.5. The maximum Gasteiger partial charge on any atom is 0.408 e. The molecule has 0 saturated carbocycles. The van der Waals surface area contributed by atoms with Gasteiger partial charge in [0.2, 0.25) is 0 Å². The van der Waals surface area contributed by atoms with Gasteiger partial charge in [0.1, 0.15) is 11.8 Å². The molecule has 0 aromatic heterocycles. The third-order valence-corrected chi connectivity index (χ3v) is 3.56. The van der Waals surface area contributed by atoms with Crippen molar-refractivity contribution < 1.29 is 9.53 Å². The molecule has 0 spiro atoms. The van der Waals surface area contributed by atoms with E-state index in [2.05, 4.69) is 31.0 Å². The molecule has 0 aromatic carbocycles. The number of nitrogens with one attached hydrogen (secondary N) is 1. The molecule has 2 fully saturated rings. The van der Waals surface area contributed by atoms with Gasteiger partial charge in [-0.2, -0.15) is 0 Å². The minimum Gasteiger partial charge on any atom is -0.443 e. The first-order valence-electron chi connectivity index (χ1n) is 6.93. The predicted molar refractivity (Wildman–Crippen MR) is 71.3 cm³/mol. The monoisotopic (exact) mass is 254 g/mol. The summed E-state index contributed by atoms with van der Waals surface area (Å²) < 4.78 is 5.55. The molecule has 0 bridgehead atoms. The first-order chi connectivity index (χ1) is 8.18. The van der Waals surface area contributed by atoms with Crippen molar-refractivity contribution in [3.8, 4) is 0 Å². The van der Waals surface area contributed by atoms with Crippen LogP contribution in [0.3, 0.4) is 0 Å². The normalized spacial score (nSPS) is 30.8. The van der Waals surface area contributed by atoms with E-state index in [4.69, 9.17) is 4.74 Å². The van der Waals surface area contributed by atoms with E-state index in [0.717, 1.165) is 13.0 Å². The molecule has 18 heavy (non-hydrogen) atoms. The molecular formula is C14H26N2O2. The minimum absolute atomic E-state index is 0.156. The van der Waals surface area contributed by atoms with Gasteiger partial charge in [-0.15, -0.1) is 0 Å². The second kappa shape index (κ2) is 4.41. The van der Waals surface area contributed by atoms with Gasteiger partial charge in [-0.3, -0.25) is 4.90 Å². The second-order valence-corrected chi connectivity index (χ2v) is 7.42. The number of nitrogens with zero attached hydrogens (tertiary/aromatic N) is 1. The topological polar surface area (TPSA) is 41.3 Å². The van der Waals surface area contributed by atoms with E-state index in [1.165, 1.54) is 12.8 Å². The Balaban J connectivity index is 1.77. The van der Waals surface area contributed by atoms with Crippen LogP contribution < -0.4 is 5.32 Å². The highest BCUT2D eigenvalue weighted by Crippen LogP contribution is 2.36. The molecule has 2 heterocycles. The van der Waals surface area contributed by atoms with E-state index in [-0.39, 0.29) is 17.7 Å². The first kappa shape index (κ1) is 13.7. The second-order valence-electron chi connectivity index (χ2n) is 7.42. The Morgan fingerprint density at radius 3 is 2.50 bits per heavy atom. The standard InChI is InChI=1S/C14H26N2O2/c1-13(2,3)9-14(4,5)18-12(17)15-11-10-7-6-8-16(10)11/h10-11H,6-9H2,1-5H3,(H,15,17). The summed E-state index contributed by atoms with van der Waals surface area (Å²) in [7, 11) is 0. The van der Waals surface area contributed by atoms with E-state index in [9.17, 15) is 4.79 Å². The Bertz CT molecular complexity index is 323. The maximum atomic E-state index is 11.9. The van der Waals surface area contributed by atoms with Crippen LogP contribution in [0.4, 0.5) is 4.79 Å². The molecule has 3 atom stereocenters. The number of ether oxygens (including phenoxy) is 1. The number of piperidine rings is 1. The van der Waals surface area contributed by atoms with Gasteiger partial charge in [-0.1, -0.05) is 20.8 Å². The number of fused-ring (bicyclic) bond motifs is 1. The largest absolute Gasteiger partial charge is 0.443 e. The number of alkyl carbamates (subject to hydrolysis) is 1. The van der Waals surface area contributed by atoms with Gasteiger partial charge in [0.25, 0.3) is 0 Å². The van der Waals surface area contributed by atoms with Crippen LogP contribution in [0, 0.1) is 5.41 Å². The van der Waals surface area contributed by atoms with E-state index in [1.54, 1.807) is 0 Å². The van der Waals surface area contributed by atoms with Crippen LogP contribution in [0.1, 0.15) is 53.9 Å². The molecule has 0 aliphatic carbocycles. The molecule has 0 radical (unpaired) electrons. The number of hydrogen-bond acceptors (Lipinski definition) is 3. The van der Waals surface area contributed by atoms with Crippen LogP contribution in [0.2, 0.25) is 0 Å². The summed E-state index contributed by atoms with van der Waals surface area (Å²) in [6, 6.07) is 0.572. The Labute approximate surface area is 110 Å². The fraction of sp³-hybridized carbons (Fsp3) is 0.929. The lowest BCUT2D eigenvalue weighted by molar-refractivity contribution is 0.00918. The number of carbonyl (C=O) groups is 1. The number of amides is 1. The highest BCUT2D eigenvalue weighted by molar-refractivity contribution is 5.68. The van der Waals surface area contributed by atoms with Crippen LogP contribution in [0.25, 0.3) is 0 Å². The lowest BCUT2D eigenvalue weighted by Crippen LogP contribution is -2.39.